The number of nitrogens with one attached hydrogen (secondary N) is 1. The van der Waals surface area contributed by atoms with Crippen LogP contribution >= 0.6 is 11.8 Å². The molecule has 1 fully saturated rings. The highest BCUT2D eigenvalue weighted by molar-refractivity contribution is 8.00. The van der Waals surface area contributed by atoms with E-state index in [9.17, 15) is 4.79 Å². The lowest BCUT2D eigenvalue weighted by atomic mass is 10.3. The molecule has 0 aromatic carbocycles. The van der Waals surface area contributed by atoms with Crippen molar-refractivity contribution in [2.75, 3.05) is 12.4 Å². The van der Waals surface area contributed by atoms with Crippen LogP contribution in [0.1, 0.15) is 6.42 Å². The van der Waals surface area contributed by atoms with E-state index in [2.05, 4.69) is 5.32 Å². The topological polar surface area (TPSA) is 29.1 Å². The molecule has 0 spiro atoms. The first-order valence-corrected chi connectivity index (χ1v) is 3.74. The zero-order chi connectivity index (χ0) is 5.82. The van der Waals surface area contributed by atoms with E-state index in [1.165, 1.54) is 0 Å². The number of thioether (sulfide) groups is 1. The molecule has 1 saturated heterocycles. The summed E-state index contributed by atoms with van der Waals surface area (Å²) >= 11 is 1.82. The van der Waals surface area contributed by atoms with Crippen molar-refractivity contribution in [1.29, 1.82) is 0 Å². The molecule has 2 nitrogen and oxygen atoms in total. The fraction of sp³-hybridized carbons (Fsp3) is 0.800. The quantitative estimate of drug-likeness (QED) is 0.544. The van der Waals surface area contributed by atoms with Crippen LogP contribution in [0.4, 0.5) is 0 Å². The first-order chi connectivity index (χ1) is 3.93. The lowest BCUT2D eigenvalue weighted by Gasteiger charge is -1.97. The smallest absolute Gasteiger partial charge is 0.121 e. The molecule has 1 rings (SSSR count). The number of hydrogen-bond donors (Lipinski definition) is 1. The average molecular weight is 131 g/mol. The molecule has 1 N–H and O–H groups in total. The lowest BCUT2D eigenvalue weighted by Crippen LogP contribution is -2.12. The van der Waals surface area contributed by atoms with E-state index in [4.69, 9.17) is 0 Å². The van der Waals surface area contributed by atoms with Crippen LogP contribution in [0.15, 0.2) is 0 Å². The van der Waals surface area contributed by atoms with Crippen LogP contribution in [-0.4, -0.2) is 24.0 Å². The summed E-state index contributed by atoms with van der Waals surface area (Å²) in [5.74, 6) is 1.01. The van der Waals surface area contributed by atoms with Gasteiger partial charge in [0.2, 0.25) is 0 Å². The van der Waals surface area contributed by atoms with Gasteiger partial charge in [0.05, 0.1) is 0 Å². The Bertz CT molecular complexity index is 80.5. The lowest BCUT2D eigenvalue weighted by molar-refractivity contribution is -0.107. The molecule has 0 aromatic rings. The Kier molecular flexibility index (Phi) is 2.36. The number of carbonyl (C=O) groups is 1. The van der Waals surface area contributed by atoms with E-state index >= 15 is 0 Å². The van der Waals surface area contributed by atoms with Gasteiger partial charge in [-0.25, -0.2) is 0 Å². The highest BCUT2D eigenvalue weighted by Crippen LogP contribution is 2.15. The molecule has 0 bridgehead atoms. The van der Waals surface area contributed by atoms with Crippen molar-refractivity contribution >= 4 is 18.0 Å². The van der Waals surface area contributed by atoms with Gasteiger partial charge in [-0.1, -0.05) is 0 Å². The predicted molar refractivity (Wildman–Crippen MR) is 34.9 cm³/mol. The third kappa shape index (κ3) is 1.49. The number of carbonyl (C=O) groups excluding carboxylic acids is 1. The van der Waals surface area contributed by atoms with Crippen LogP contribution in [-0.2, 0) is 4.79 Å². The van der Waals surface area contributed by atoms with Crippen LogP contribution in [0.5, 0.6) is 0 Å². The Morgan fingerprint density at radius 2 is 2.75 bits per heavy atom. The van der Waals surface area contributed by atoms with Crippen molar-refractivity contribution in [3.8, 4) is 0 Å². The van der Waals surface area contributed by atoms with E-state index in [1.54, 1.807) is 0 Å². The van der Waals surface area contributed by atoms with Crippen LogP contribution in [0, 0.1) is 0 Å². The summed E-state index contributed by atoms with van der Waals surface area (Å²) in [5, 5.41) is 3.71. The molecular weight excluding hydrogens is 122 g/mol. The highest BCUT2D eigenvalue weighted by Gasteiger charge is 2.12. The van der Waals surface area contributed by atoms with Gasteiger partial charge in [0, 0.05) is 24.1 Å². The van der Waals surface area contributed by atoms with Crippen molar-refractivity contribution in [3.63, 3.8) is 0 Å². The predicted octanol–water partition coefficient (Wildman–Crippen LogP) is 0.238. The normalized spacial score (nSPS) is 28.2. The van der Waals surface area contributed by atoms with Gasteiger partial charge in [0.15, 0.2) is 0 Å². The standard InChI is InChI=1S/C5H9NOS/c7-2-1-5-3-6-4-8-5/h2,5-6H,1,3-4H2. The Balaban J connectivity index is 2.14. The van der Waals surface area contributed by atoms with E-state index in [0.717, 1.165) is 18.7 Å². The first-order valence-electron chi connectivity index (χ1n) is 2.69. The molecule has 1 heterocycles. The molecule has 0 aromatic heterocycles. The Morgan fingerprint density at radius 3 is 3.25 bits per heavy atom. The summed E-state index contributed by atoms with van der Waals surface area (Å²) in [6.45, 7) is 1.00. The Morgan fingerprint density at radius 1 is 1.88 bits per heavy atom. The summed E-state index contributed by atoms with van der Waals surface area (Å²) in [6.07, 6.45) is 1.70. The zero-order valence-corrected chi connectivity index (χ0v) is 5.41. The maximum atomic E-state index is 9.92. The highest BCUT2D eigenvalue weighted by atomic mass is 32.2. The van der Waals surface area contributed by atoms with E-state index in [-0.39, 0.29) is 0 Å². The van der Waals surface area contributed by atoms with Crippen molar-refractivity contribution in [2.24, 2.45) is 0 Å². The van der Waals surface area contributed by atoms with Crippen LogP contribution in [0.25, 0.3) is 0 Å². The third-order valence-electron chi connectivity index (χ3n) is 1.15. The van der Waals surface area contributed by atoms with Crippen LogP contribution < -0.4 is 5.32 Å². The summed E-state index contributed by atoms with van der Waals surface area (Å²) < 4.78 is 0. The van der Waals surface area contributed by atoms with Crippen molar-refractivity contribution in [1.82, 2.24) is 5.32 Å². The van der Waals surface area contributed by atoms with Gasteiger partial charge >= 0.3 is 0 Å². The zero-order valence-electron chi connectivity index (χ0n) is 4.59. The van der Waals surface area contributed by atoms with Crippen LogP contribution in [0.2, 0.25) is 0 Å². The molecule has 1 atom stereocenters. The average Bonchev–Trinajstić information content (AvgIpc) is 2.19. The van der Waals surface area contributed by atoms with E-state index in [1.807, 2.05) is 11.8 Å². The van der Waals surface area contributed by atoms with Gasteiger partial charge < -0.3 is 10.1 Å². The maximum Gasteiger partial charge on any atom is 0.121 e. The molecule has 0 aliphatic carbocycles. The molecule has 0 saturated carbocycles. The summed E-state index contributed by atoms with van der Waals surface area (Å²) in [6, 6.07) is 0. The third-order valence-corrected chi connectivity index (χ3v) is 2.35. The van der Waals surface area contributed by atoms with E-state index in [0.29, 0.717) is 11.7 Å². The Hall–Kier alpha value is -0.0200. The van der Waals surface area contributed by atoms with Crippen LogP contribution in [0.3, 0.4) is 0 Å². The Labute approximate surface area is 53.0 Å². The number of hydrogen-bond acceptors (Lipinski definition) is 3. The number of rotatable bonds is 2. The summed E-state index contributed by atoms with van der Waals surface area (Å²) in [5.41, 5.74) is 0. The van der Waals surface area contributed by atoms with Crippen molar-refractivity contribution in [2.45, 2.75) is 11.7 Å². The minimum atomic E-state index is 0.549. The molecule has 1 aliphatic rings. The molecule has 8 heavy (non-hydrogen) atoms. The fourth-order valence-electron chi connectivity index (χ4n) is 0.714. The molecule has 0 amide bonds. The second-order valence-electron chi connectivity index (χ2n) is 1.79. The minimum absolute atomic E-state index is 0.549. The summed E-state index contributed by atoms with van der Waals surface area (Å²) in [7, 11) is 0. The molecule has 1 unspecified atom stereocenters. The second kappa shape index (κ2) is 3.10. The van der Waals surface area contributed by atoms with E-state index < -0.39 is 0 Å². The molecule has 3 heteroatoms. The maximum absolute atomic E-state index is 9.92. The largest absolute Gasteiger partial charge is 0.307 e. The molecular formula is C5H9NOS. The molecule has 0 radical (unpaired) electrons. The van der Waals surface area contributed by atoms with Crippen molar-refractivity contribution < 1.29 is 4.79 Å². The first kappa shape index (κ1) is 6.11. The monoisotopic (exact) mass is 131 g/mol. The number of aldehydes is 1. The van der Waals surface area contributed by atoms with Gasteiger partial charge in [-0.3, -0.25) is 0 Å². The summed E-state index contributed by atoms with van der Waals surface area (Å²) in [4.78, 5) is 9.92. The van der Waals surface area contributed by atoms with Gasteiger partial charge in [0.25, 0.3) is 0 Å². The van der Waals surface area contributed by atoms with Crippen molar-refractivity contribution in [3.05, 3.63) is 0 Å². The minimum Gasteiger partial charge on any atom is -0.307 e. The van der Waals surface area contributed by atoms with Gasteiger partial charge in [-0.2, -0.15) is 0 Å². The fourth-order valence-corrected chi connectivity index (χ4v) is 1.64. The van der Waals surface area contributed by atoms with Gasteiger partial charge in [-0.05, 0) is 0 Å². The van der Waals surface area contributed by atoms with Gasteiger partial charge in [-0.15, -0.1) is 11.8 Å². The molecule has 1 aliphatic heterocycles. The SMILES string of the molecule is O=CCC1CNCS1. The second-order valence-corrected chi connectivity index (χ2v) is 3.08. The van der Waals surface area contributed by atoms with Gasteiger partial charge in [0.1, 0.15) is 6.29 Å². The molecule has 46 valence electrons.